The maximum atomic E-state index is 12.4. The Bertz CT molecular complexity index is 1150. The van der Waals surface area contributed by atoms with E-state index in [0.29, 0.717) is 19.3 Å². The number of carbonyl (C=O) groups is 2. The Kier molecular flexibility index (Phi) is 35.5. The zero-order valence-electron chi connectivity index (χ0n) is 32.7. The zero-order valence-corrected chi connectivity index (χ0v) is 33.6. The highest BCUT2D eigenvalue weighted by molar-refractivity contribution is 7.46. The molecule has 0 unspecified atom stereocenters. The number of unbranched alkanes of at least 4 members (excludes halogenated alkanes) is 10. The monoisotopic (exact) mass is 762 g/mol. The van der Waals surface area contributed by atoms with Crippen LogP contribution in [0.15, 0.2) is 85.1 Å². The van der Waals surface area contributed by atoms with Crippen LogP contribution in [0.1, 0.15) is 149 Å². The largest absolute Gasteiger partial charge is 0.469 e. The summed E-state index contributed by atoms with van der Waals surface area (Å²) in [5.41, 5.74) is 0. The minimum Gasteiger partial charge on any atom is -0.462 e. The van der Waals surface area contributed by atoms with Gasteiger partial charge in [0.15, 0.2) is 6.10 Å². The molecule has 0 radical (unpaired) electrons. The Hall–Kier alpha value is -2.81. The summed E-state index contributed by atoms with van der Waals surface area (Å²) in [5, 5.41) is 9.87. The standard InChI is InChI=1S/C43H71O9P/c1-3-5-7-8-9-10-11-12-13-14-15-16-19-22-25-28-32-36-42(45)50-38-41(39-51-53(47,48)49)52-43(46)37-33-29-26-23-20-17-18-21-24-27-31-35-40(44)34-30-6-4-2/h9-10,12-13,15-18,23-24,26-27,31,35,40-41,44H,3-8,11,14,19-22,25,28-30,32-34,36-39H2,1-2H3,(H2,47,48,49)/b10-9-,13-12-,16-15-,18-17-,26-23-,27-24-,35-31+/t40-,41+/m0/s1. The van der Waals surface area contributed by atoms with Crippen LogP contribution >= 0.6 is 7.82 Å². The molecule has 0 aromatic rings. The maximum absolute atomic E-state index is 12.4. The van der Waals surface area contributed by atoms with E-state index in [2.05, 4.69) is 67.0 Å². The van der Waals surface area contributed by atoms with Crippen LogP contribution in [0.25, 0.3) is 0 Å². The van der Waals surface area contributed by atoms with E-state index in [0.717, 1.165) is 77.0 Å². The predicted molar refractivity (Wildman–Crippen MR) is 217 cm³/mol. The van der Waals surface area contributed by atoms with Crippen LogP contribution in [0.4, 0.5) is 0 Å². The lowest BCUT2D eigenvalue weighted by molar-refractivity contribution is -0.161. The number of aliphatic hydroxyl groups is 1. The molecule has 302 valence electrons. The average Bonchev–Trinajstić information content (AvgIpc) is 3.12. The third-order valence-corrected chi connectivity index (χ3v) is 8.48. The maximum Gasteiger partial charge on any atom is 0.469 e. The smallest absolute Gasteiger partial charge is 0.462 e. The fraction of sp³-hybridized carbons (Fsp3) is 0.628. The topological polar surface area (TPSA) is 140 Å². The van der Waals surface area contributed by atoms with Gasteiger partial charge in [-0.3, -0.25) is 14.1 Å². The molecule has 0 aliphatic carbocycles. The van der Waals surface area contributed by atoms with Gasteiger partial charge >= 0.3 is 19.8 Å². The third-order valence-electron chi connectivity index (χ3n) is 7.99. The summed E-state index contributed by atoms with van der Waals surface area (Å²) in [6.45, 7) is 3.45. The van der Waals surface area contributed by atoms with Crippen LogP contribution in [-0.4, -0.2) is 52.3 Å². The second kappa shape index (κ2) is 37.5. The van der Waals surface area contributed by atoms with E-state index in [4.69, 9.17) is 19.3 Å². The lowest BCUT2D eigenvalue weighted by Gasteiger charge is -2.18. The van der Waals surface area contributed by atoms with Gasteiger partial charge < -0.3 is 24.4 Å². The van der Waals surface area contributed by atoms with Crippen LogP contribution < -0.4 is 0 Å². The van der Waals surface area contributed by atoms with Gasteiger partial charge in [-0.05, 0) is 77.0 Å². The number of aliphatic hydroxyl groups excluding tert-OH is 1. The Labute approximate surface area is 321 Å². The molecule has 10 heteroatoms. The van der Waals surface area contributed by atoms with E-state index in [-0.39, 0.29) is 25.6 Å². The summed E-state index contributed by atoms with van der Waals surface area (Å²) in [5.74, 6) is -1.01. The lowest BCUT2D eigenvalue weighted by atomic mass is 10.1. The van der Waals surface area contributed by atoms with Crippen LogP contribution in [0.5, 0.6) is 0 Å². The summed E-state index contributed by atoms with van der Waals surface area (Å²) in [4.78, 5) is 42.8. The molecule has 9 nitrogen and oxygen atoms in total. The molecule has 0 spiro atoms. The number of rotatable bonds is 35. The van der Waals surface area contributed by atoms with Gasteiger partial charge in [-0.2, -0.15) is 0 Å². The Morgan fingerprint density at radius 1 is 0.585 bits per heavy atom. The van der Waals surface area contributed by atoms with Crippen molar-refractivity contribution in [2.24, 2.45) is 0 Å². The van der Waals surface area contributed by atoms with Crippen LogP contribution in [0, 0.1) is 0 Å². The molecule has 0 fully saturated rings. The van der Waals surface area contributed by atoms with E-state index in [9.17, 15) is 19.3 Å². The highest BCUT2D eigenvalue weighted by Crippen LogP contribution is 2.36. The molecule has 0 amide bonds. The first-order chi connectivity index (χ1) is 25.7. The molecule has 0 aliphatic heterocycles. The summed E-state index contributed by atoms with van der Waals surface area (Å²) < 4.78 is 26.3. The van der Waals surface area contributed by atoms with Crippen molar-refractivity contribution < 1.29 is 43.0 Å². The normalized spacial score (nSPS) is 14.0. The quantitative estimate of drug-likeness (QED) is 0.0189. The van der Waals surface area contributed by atoms with E-state index >= 15 is 0 Å². The van der Waals surface area contributed by atoms with Crippen LogP contribution in [0.2, 0.25) is 0 Å². The van der Waals surface area contributed by atoms with Crippen LogP contribution in [0.3, 0.4) is 0 Å². The van der Waals surface area contributed by atoms with Gasteiger partial charge in [0, 0.05) is 12.8 Å². The number of esters is 2. The number of allylic oxidation sites excluding steroid dienone is 13. The molecule has 0 aliphatic rings. The number of hydrogen-bond donors (Lipinski definition) is 3. The van der Waals surface area contributed by atoms with Crippen molar-refractivity contribution >= 4 is 19.8 Å². The number of phosphoric acid groups is 1. The number of phosphoric ester groups is 1. The Morgan fingerprint density at radius 2 is 1.09 bits per heavy atom. The molecular formula is C43H71O9P. The molecule has 3 N–H and O–H groups in total. The van der Waals surface area contributed by atoms with Crippen molar-refractivity contribution in [1.82, 2.24) is 0 Å². The molecule has 0 heterocycles. The van der Waals surface area contributed by atoms with E-state index in [1.807, 2.05) is 36.5 Å². The van der Waals surface area contributed by atoms with E-state index < -0.39 is 32.5 Å². The predicted octanol–water partition coefficient (Wildman–Crippen LogP) is 11.0. The lowest BCUT2D eigenvalue weighted by Crippen LogP contribution is -2.29. The molecule has 0 rings (SSSR count). The molecule has 0 aromatic carbocycles. The second-order valence-corrected chi connectivity index (χ2v) is 14.3. The van der Waals surface area contributed by atoms with E-state index in [1.165, 1.54) is 25.7 Å². The second-order valence-electron chi connectivity index (χ2n) is 13.1. The van der Waals surface area contributed by atoms with Gasteiger partial charge in [0.25, 0.3) is 0 Å². The van der Waals surface area contributed by atoms with Gasteiger partial charge in [-0.1, -0.05) is 144 Å². The summed E-state index contributed by atoms with van der Waals surface area (Å²) in [6.07, 6.45) is 46.3. The first kappa shape index (κ1) is 50.2. The van der Waals surface area contributed by atoms with Gasteiger partial charge in [0.05, 0.1) is 12.7 Å². The Balaban J connectivity index is 4.16. The molecule has 2 atom stereocenters. The number of ether oxygens (including phenoxy) is 2. The molecule has 0 bridgehead atoms. The van der Waals surface area contributed by atoms with Crippen molar-refractivity contribution in [1.29, 1.82) is 0 Å². The van der Waals surface area contributed by atoms with Gasteiger partial charge in [-0.25, -0.2) is 4.57 Å². The van der Waals surface area contributed by atoms with Gasteiger partial charge in [0.1, 0.15) is 6.61 Å². The SMILES string of the molecule is CCCCC/C=C\C/C=C\C/C=C\CCCCCCC(=O)OC[C@H](COP(=O)(O)O)OC(=O)CCC/C=C\C/C=C\C/C=C\C=C\[C@@H](O)CCCCC. The first-order valence-electron chi connectivity index (χ1n) is 20.0. The molecule has 0 aromatic heterocycles. The summed E-state index contributed by atoms with van der Waals surface area (Å²) in [7, 11) is -4.79. The molecule has 53 heavy (non-hydrogen) atoms. The van der Waals surface area contributed by atoms with Crippen molar-refractivity contribution in [2.45, 2.75) is 161 Å². The summed E-state index contributed by atoms with van der Waals surface area (Å²) in [6, 6.07) is 0. The molecule has 0 saturated heterocycles. The van der Waals surface area contributed by atoms with E-state index in [1.54, 1.807) is 0 Å². The first-order valence-corrected chi connectivity index (χ1v) is 21.5. The average molecular weight is 763 g/mol. The van der Waals surface area contributed by atoms with Gasteiger partial charge in [-0.15, -0.1) is 0 Å². The fourth-order valence-electron chi connectivity index (χ4n) is 4.95. The van der Waals surface area contributed by atoms with Crippen molar-refractivity contribution in [3.63, 3.8) is 0 Å². The molecular weight excluding hydrogens is 691 g/mol. The van der Waals surface area contributed by atoms with Crippen molar-refractivity contribution in [3.8, 4) is 0 Å². The Morgan fingerprint density at radius 3 is 1.70 bits per heavy atom. The molecule has 0 saturated carbocycles. The van der Waals surface area contributed by atoms with Crippen molar-refractivity contribution in [2.75, 3.05) is 13.2 Å². The minimum atomic E-state index is -4.79. The highest BCUT2D eigenvalue weighted by atomic mass is 31.2. The number of carbonyl (C=O) groups excluding carboxylic acids is 2. The zero-order chi connectivity index (χ0) is 39.1. The minimum absolute atomic E-state index is 0.106. The third kappa shape index (κ3) is 40.2. The van der Waals surface area contributed by atoms with Gasteiger partial charge in [0.2, 0.25) is 0 Å². The fourth-order valence-corrected chi connectivity index (χ4v) is 5.31. The highest BCUT2D eigenvalue weighted by Gasteiger charge is 2.22. The van der Waals surface area contributed by atoms with Crippen molar-refractivity contribution in [3.05, 3.63) is 85.1 Å². The van der Waals surface area contributed by atoms with Crippen LogP contribution in [-0.2, 0) is 28.2 Å². The number of hydrogen-bond acceptors (Lipinski definition) is 7. The summed E-state index contributed by atoms with van der Waals surface area (Å²) >= 11 is 0.